The predicted octanol–water partition coefficient (Wildman–Crippen LogP) is 2.31. The maximum absolute atomic E-state index is 10.8. The van der Waals surface area contributed by atoms with Gasteiger partial charge in [0.05, 0.1) is 11.9 Å². The van der Waals surface area contributed by atoms with Gasteiger partial charge >= 0.3 is 5.97 Å². The molecule has 27 heavy (non-hydrogen) atoms. The molecule has 0 saturated carbocycles. The number of hydrazone groups is 1. The summed E-state index contributed by atoms with van der Waals surface area (Å²) in [6.07, 6.45) is 4.87. The Morgan fingerprint density at radius 2 is 2.11 bits per heavy atom. The minimum absolute atomic E-state index is 0.0750. The van der Waals surface area contributed by atoms with E-state index in [1.807, 2.05) is 19.1 Å². The van der Waals surface area contributed by atoms with Gasteiger partial charge in [0.1, 0.15) is 6.10 Å². The van der Waals surface area contributed by atoms with E-state index in [2.05, 4.69) is 32.7 Å². The number of carboxylic acids is 1. The molecule has 0 bridgehead atoms. The van der Waals surface area contributed by atoms with E-state index in [0.717, 1.165) is 62.3 Å². The highest BCUT2D eigenvalue weighted by Crippen LogP contribution is 2.23. The smallest absolute Gasteiger partial charge is 0.303 e. The molecule has 1 aromatic carbocycles. The summed E-state index contributed by atoms with van der Waals surface area (Å²) in [6, 6.07) is 8.16. The first-order valence-corrected chi connectivity index (χ1v) is 9.67. The van der Waals surface area contributed by atoms with Crippen molar-refractivity contribution in [1.29, 1.82) is 0 Å². The van der Waals surface area contributed by atoms with Gasteiger partial charge in [-0.05, 0) is 49.9 Å². The molecular formula is C20H28N4O3. The van der Waals surface area contributed by atoms with E-state index in [1.165, 1.54) is 0 Å². The summed E-state index contributed by atoms with van der Waals surface area (Å²) >= 11 is 0. The van der Waals surface area contributed by atoms with Crippen LogP contribution in [0.4, 0.5) is 0 Å². The molecule has 1 atom stereocenters. The van der Waals surface area contributed by atoms with Gasteiger partial charge in [-0.15, -0.1) is 0 Å². The molecule has 7 heteroatoms. The van der Waals surface area contributed by atoms with E-state index in [4.69, 9.17) is 9.94 Å². The molecule has 146 valence electrons. The molecule has 7 nitrogen and oxygen atoms in total. The van der Waals surface area contributed by atoms with Gasteiger partial charge in [-0.25, -0.2) is 0 Å². The van der Waals surface area contributed by atoms with Gasteiger partial charge in [0, 0.05) is 25.9 Å². The SMILES string of the molecule is CCNN=Cc1ccc(C2=NOC(CN3CCC(CC(=O)O)CC3)C2)cc1. The minimum Gasteiger partial charge on any atom is -0.481 e. The van der Waals surface area contributed by atoms with Crippen LogP contribution in [0, 0.1) is 5.92 Å². The lowest BCUT2D eigenvalue weighted by Crippen LogP contribution is -2.39. The number of aliphatic carboxylic acids is 1. The lowest BCUT2D eigenvalue weighted by molar-refractivity contribution is -0.138. The number of hydrogen-bond donors (Lipinski definition) is 2. The first kappa shape index (κ1) is 19.4. The van der Waals surface area contributed by atoms with Crippen LogP contribution in [-0.2, 0) is 9.63 Å². The van der Waals surface area contributed by atoms with Gasteiger partial charge in [-0.3, -0.25) is 9.69 Å². The maximum atomic E-state index is 10.8. The third-order valence-electron chi connectivity index (χ3n) is 5.07. The van der Waals surface area contributed by atoms with Crippen LogP contribution in [-0.4, -0.2) is 60.2 Å². The van der Waals surface area contributed by atoms with E-state index < -0.39 is 5.97 Å². The summed E-state index contributed by atoms with van der Waals surface area (Å²) in [5.41, 5.74) is 6.02. The van der Waals surface area contributed by atoms with E-state index in [0.29, 0.717) is 5.92 Å². The Morgan fingerprint density at radius 3 is 2.78 bits per heavy atom. The molecule has 1 aromatic rings. The highest BCUT2D eigenvalue weighted by molar-refractivity contribution is 6.01. The molecule has 2 aliphatic heterocycles. The van der Waals surface area contributed by atoms with E-state index in [9.17, 15) is 4.79 Å². The highest BCUT2D eigenvalue weighted by Gasteiger charge is 2.27. The second-order valence-corrected chi connectivity index (χ2v) is 7.20. The Bertz CT molecular complexity index is 679. The number of nitrogens with zero attached hydrogens (tertiary/aromatic N) is 3. The van der Waals surface area contributed by atoms with Gasteiger partial charge in [-0.2, -0.15) is 5.10 Å². The maximum Gasteiger partial charge on any atom is 0.303 e. The molecule has 0 spiro atoms. The van der Waals surface area contributed by atoms with Gasteiger partial charge in [0.25, 0.3) is 0 Å². The average Bonchev–Trinajstić information content (AvgIpc) is 3.12. The second kappa shape index (κ2) is 9.50. The number of carbonyl (C=O) groups is 1. The zero-order valence-corrected chi connectivity index (χ0v) is 15.8. The molecule has 2 N–H and O–H groups in total. The fourth-order valence-electron chi connectivity index (χ4n) is 3.58. The number of piperidine rings is 1. The fraction of sp³-hybridized carbons (Fsp3) is 0.550. The van der Waals surface area contributed by atoms with Crippen LogP contribution >= 0.6 is 0 Å². The summed E-state index contributed by atoms with van der Waals surface area (Å²) in [5, 5.41) is 17.3. The Labute approximate surface area is 160 Å². The molecule has 1 unspecified atom stereocenters. The quantitative estimate of drug-likeness (QED) is 0.540. The average molecular weight is 372 g/mol. The molecule has 0 aliphatic carbocycles. The van der Waals surface area contributed by atoms with Crippen LogP contribution in [0.25, 0.3) is 0 Å². The van der Waals surface area contributed by atoms with Crippen molar-refractivity contribution >= 4 is 17.9 Å². The lowest BCUT2D eigenvalue weighted by Gasteiger charge is -2.32. The van der Waals surface area contributed by atoms with E-state index in [1.54, 1.807) is 6.21 Å². The van der Waals surface area contributed by atoms with Crippen molar-refractivity contribution < 1.29 is 14.7 Å². The monoisotopic (exact) mass is 372 g/mol. The van der Waals surface area contributed by atoms with E-state index in [-0.39, 0.29) is 12.5 Å². The molecule has 1 fully saturated rings. The van der Waals surface area contributed by atoms with Crippen molar-refractivity contribution in [3.8, 4) is 0 Å². The Balaban J connectivity index is 1.44. The van der Waals surface area contributed by atoms with Crippen molar-refractivity contribution in [2.75, 3.05) is 26.2 Å². The van der Waals surface area contributed by atoms with Gasteiger partial charge in [0.15, 0.2) is 0 Å². The van der Waals surface area contributed by atoms with Crippen LogP contribution in [0.2, 0.25) is 0 Å². The Kier molecular flexibility index (Phi) is 6.81. The molecule has 0 radical (unpaired) electrons. The van der Waals surface area contributed by atoms with Crippen LogP contribution < -0.4 is 5.43 Å². The number of benzene rings is 1. The van der Waals surface area contributed by atoms with Crippen molar-refractivity contribution in [2.45, 2.75) is 38.7 Å². The fourth-order valence-corrected chi connectivity index (χ4v) is 3.58. The highest BCUT2D eigenvalue weighted by atomic mass is 16.6. The summed E-state index contributed by atoms with van der Waals surface area (Å²) < 4.78 is 0. The van der Waals surface area contributed by atoms with Crippen LogP contribution in [0.1, 0.15) is 43.7 Å². The van der Waals surface area contributed by atoms with Crippen LogP contribution in [0.15, 0.2) is 34.5 Å². The van der Waals surface area contributed by atoms with E-state index >= 15 is 0 Å². The topological polar surface area (TPSA) is 86.5 Å². The number of likely N-dealkylation sites (tertiary alicyclic amines) is 1. The molecule has 0 amide bonds. The Hall–Kier alpha value is -2.41. The molecule has 1 saturated heterocycles. The normalized spacial score (nSPS) is 21.2. The minimum atomic E-state index is -0.690. The molecule has 2 heterocycles. The molecule has 0 aromatic heterocycles. The standard InChI is InChI=1S/C20H28N4O3/c1-2-21-22-13-16-3-5-17(6-4-16)19-12-18(27-23-19)14-24-9-7-15(8-10-24)11-20(25)26/h3-6,13,15,18,21H,2,7-12,14H2,1H3,(H,25,26). The summed E-state index contributed by atoms with van der Waals surface area (Å²) in [7, 11) is 0. The van der Waals surface area contributed by atoms with Gasteiger partial charge < -0.3 is 15.4 Å². The van der Waals surface area contributed by atoms with Crippen LogP contribution in [0.5, 0.6) is 0 Å². The van der Waals surface area contributed by atoms with Crippen molar-refractivity contribution in [3.63, 3.8) is 0 Å². The third-order valence-corrected chi connectivity index (χ3v) is 5.07. The first-order chi connectivity index (χ1) is 13.1. The number of oxime groups is 1. The zero-order chi connectivity index (χ0) is 19.1. The van der Waals surface area contributed by atoms with Crippen molar-refractivity contribution in [2.24, 2.45) is 16.2 Å². The predicted molar refractivity (Wildman–Crippen MR) is 105 cm³/mol. The number of carboxylic acid groups (broad SMARTS) is 1. The Morgan fingerprint density at radius 1 is 1.37 bits per heavy atom. The molecular weight excluding hydrogens is 344 g/mol. The summed E-state index contributed by atoms with van der Waals surface area (Å²) in [6.45, 7) is 5.54. The largest absolute Gasteiger partial charge is 0.481 e. The molecule has 2 aliphatic rings. The number of nitrogens with one attached hydrogen (secondary N) is 1. The number of hydrogen-bond acceptors (Lipinski definition) is 6. The number of rotatable bonds is 8. The van der Waals surface area contributed by atoms with Crippen molar-refractivity contribution in [3.05, 3.63) is 35.4 Å². The lowest BCUT2D eigenvalue weighted by atomic mass is 9.93. The summed E-state index contributed by atoms with van der Waals surface area (Å²) in [4.78, 5) is 18.8. The first-order valence-electron chi connectivity index (χ1n) is 9.67. The van der Waals surface area contributed by atoms with Gasteiger partial charge in [0.2, 0.25) is 0 Å². The third kappa shape index (κ3) is 5.79. The molecule has 3 rings (SSSR count). The van der Waals surface area contributed by atoms with Gasteiger partial charge in [-0.1, -0.05) is 29.4 Å². The second-order valence-electron chi connectivity index (χ2n) is 7.20. The van der Waals surface area contributed by atoms with Crippen molar-refractivity contribution in [1.82, 2.24) is 10.3 Å². The van der Waals surface area contributed by atoms with Crippen LogP contribution in [0.3, 0.4) is 0 Å². The summed E-state index contributed by atoms with van der Waals surface area (Å²) in [5.74, 6) is -0.380. The zero-order valence-electron chi connectivity index (χ0n) is 15.8.